The van der Waals surface area contributed by atoms with Gasteiger partial charge in [0.1, 0.15) is 17.2 Å². The van der Waals surface area contributed by atoms with Crippen LogP contribution in [0.2, 0.25) is 0 Å². The Kier molecular flexibility index (Phi) is 5.71. The average Bonchev–Trinajstić information content (AvgIpc) is 3.03. The molecule has 0 aliphatic rings. The third kappa shape index (κ3) is 4.43. The molecule has 0 N–H and O–H groups in total. The lowest BCUT2D eigenvalue weighted by Gasteiger charge is -2.07. The Morgan fingerprint density at radius 1 is 1.19 bits per heavy atom. The molecule has 0 fully saturated rings. The second-order valence-corrected chi connectivity index (χ2v) is 6.95. The number of hydrogen-bond acceptors (Lipinski definition) is 6. The quantitative estimate of drug-likeness (QED) is 0.607. The molecule has 0 bridgehead atoms. The van der Waals surface area contributed by atoms with Crippen LogP contribution in [0.1, 0.15) is 33.4 Å². The summed E-state index contributed by atoms with van der Waals surface area (Å²) < 4.78 is 12.1. The van der Waals surface area contributed by atoms with Crippen LogP contribution in [-0.2, 0) is 11.3 Å². The van der Waals surface area contributed by atoms with Crippen LogP contribution in [0.3, 0.4) is 0 Å². The topological polar surface area (TPSA) is 70.4 Å². The van der Waals surface area contributed by atoms with Crippen LogP contribution >= 0.6 is 11.3 Å². The summed E-state index contributed by atoms with van der Waals surface area (Å²) in [7, 11) is 0. The molecule has 0 amide bonds. The first-order valence-electron chi connectivity index (χ1n) is 8.54. The maximum Gasteiger partial charge on any atom is 0.350 e. The van der Waals surface area contributed by atoms with Crippen molar-refractivity contribution < 1.29 is 14.3 Å². The number of carbonyl (C=O) groups is 1. The van der Waals surface area contributed by atoms with E-state index in [1.165, 1.54) is 16.2 Å². The number of hydrogen-bond donors (Lipinski definition) is 0. The van der Waals surface area contributed by atoms with Gasteiger partial charge in [-0.15, -0.1) is 0 Å². The predicted octanol–water partition coefficient (Wildman–Crippen LogP) is 3.67. The van der Waals surface area contributed by atoms with E-state index < -0.39 is 5.97 Å². The number of aromatic nitrogens is 2. The number of thiazole rings is 1. The van der Waals surface area contributed by atoms with Crippen LogP contribution in [0.25, 0.3) is 5.13 Å². The fourth-order valence-electron chi connectivity index (χ4n) is 2.43. The first-order valence-corrected chi connectivity index (χ1v) is 9.35. The van der Waals surface area contributed by atoms with Gasteiger partial charge >= 0.3 is 5.97 Å². The lowest BCUT2D eigenvalue weighted by Crippen LogP contribution is -2.16. The van der Waals surface area contributed by atoms with E-state index in [0.717, 1.165) is 16.9 Å². The molecule has 2 aromatic heterocycles. The molecule has 7 heteroatoms. The first-order chi connectivity index (χ1) is 13.0. The van der Waals surface area contributed by atoms with Gasteiger partial charge in [-0.3, -0.25) is 9.36 Å². The molecule has 3 aromatic rings. The van der Waals surface area contributed by atoms with E-state index >= 15 is 0 Å². The Morgan fingerprint density at radius 2 is 1.93 bits per heavy atom. The van der Waals surface area contributed by atoms with Crippen molar-refractivity contribution in [2.45, 2.75) is 27.4 Å². The SMILES string of the molecule is CCOC(=O)c1sc(-n2ccc(OCc3ccc(C)cc3)cc2=O)nc1C. The molecule has 0 saturated carbocycles. The zero-order valence-electron chi connectivity index (χ0n) is 15.4. The van der Waals surface area contributed by atoms with Gasteiger partial charge in [0, 0.05) is 12.3 Å². The average molecular weight is 384 g/mol. The van der Waals surface area contributed by atoms with Crippen molar-refractivity contribution >= 4 is 17.3 Å². The van der Waals surface area contributed by atoms with E-state index in [-0.39, 0.29) is 5.56 Å². The normalized spacial score (nSPS) is 10.6. The highest BCUT2D eigenvalue weighted by atomic mass is 32.1. The summed E-state index contributed by atoms with van der Waals surface area (Å²) in [5.41, 5.74) is 2.47. The molecule has 2 heterocycles. The van der Waals surface area contributed by atoms with Gasteiger partial charge in [-0.1, -0.05) is 41.2 Å². The van der Waals surface area contributed by atoms with E-state index in [1.807, 2.05) is 31.2 Å². The van der Waals surface area contributed by atoms with Crippen LogP contribution in [0.5, 0.6) is 5.75 Å². The number of rotatable bonds is 6. The van der Waals surface area contributed by atoms with Gasteiger partial charge in [-0.05, 0) is 32.4 Å². The van der Waals surface area contributed by atoms with E-state index in [1.54, 1.807) is 26.1 Å². The Bertz CT molecular complexity index is 1010. The highest BCUT2D eigenvalue weighted by molar-refractivity contribution is 7.16. The van der Waals surface area contributed by atoms with E-state index in [4.69, 9.17) is 9.47 Å². The monoisotopic (exact) mass is 384 g/mol. The molecule has 0 radical (unpaired) electrons. The third-order valence-electron chi connectivity index (χ3n) is 3.87. The minimum absolute atomic E-state index is 0.277. The van der Waals surface area contributed by atoms with Crippen LogP contribution < -0.4 is 10.3 Å². The number of ether oxygens (including phenoxy) is 2. The van der Waals surface area contributed by atoms with E-state index in [0.29, 0.717) is 34.7 Å². The molecular weight excluding hydrogens is 364 g/mol. The minimum atomic E-state index is -0.426. The summed E-state index contributed by atoms with van der Waals surface area (Å²) in [6.07, 6.45) is 1.60. The van der Waals surface area contributed by atoms with Crippen LogP contribution in [0.15, 0.2) is 47.4 Å². The molecule has 0 unspecified atom stereocenters. The smallest absolute Gasteiger partial charge is 0.350 e. The zero-order valence-corrected chi connectivity index (χ0v) is 16.2. The third-order valence-corrected chi connectivity index (χ3v) is 5.01. The number of aryl methyl sites for hydroxylation is 2. The number of benzene rings is 1. The van der Waals surface area contributed by atoms with Gasteiger partial charge in [-0.25, -0.2) is 9.78 Å². The van der Waals surface area contributed by atoms with Gasteiger partial charge in [0.2, 0.25) is 0 Å². The van der Waals surface area contributed by atoms with Crippen molar-refractivity contribution in [3.63, 3.8) is 0 Å². The van der Waals surface area contributed by atoms with Crippen LogP contribution in [0.4, 0.5) is 0 Å². The molecule has 27 heavy (non-hydrogen) atoms. The van der Waals surface area contributed by atoms with Crippen LogP contribution in [-0.4, -0.2) is 22.1 Å². The summed E-state index contributed by atoms with van der Waals surface area (Å²) >= 11 is 1.13. The number of carbonyl (C=O) groups excluding carboxylic acids is 1. The van der Waals surface area contributed by atoms with Crippen molar-refractivity contribution in [1.82, 2.24) is 9.55 Å². The number of nitrogens with zero attached hydrogens (tertiary/aromatic N) is 2. The first kappa shape index (κ1) is 18.8. The van der Waals surface area contributed by atoms with E-state index in [9.17, 15) is 9.59 Å². The van der Waals surface area contributed by atoms with Gasteiger partial charge in [0.15, 0.2) is 5.13 Å². The van der Waals surface area contributed by atoms with Crippen molar-refractivity contribution in [2.75, 3.05) is 6.61 Å². The van der Waals surface area contributed by atoms with Crippen molar-refractivity contribution in [3.05, 3.63) is 74.6 Å². The highest BCUT2D eigenvalue weighted by Gasteiger charge is 2.17. The van der Waals surface area contributed by atoms with Crippen molar-refractivity contribution in [2.24, 2.45) is 0 Å². The molecule has 0 aliphatic carbocycles. The zero-order chi connectivity index (χ0) is 19.4. The lowest BCUT2D eigenvalue weighted by molar-refractivity contribution is 0.0531. The maximum absolute atomic E-state index is 12.4. The van der Waals surface area contributed by atoms with Crippen LogP contribution in [0, 0.1) is 13.8 Å². The molecule has 0 spiro atoms. The Hall–Kier alpha value is -2.93. The molecule has 0 saturated heterocycles. The Morgan fingerprint density at radius 3 is 2.59 bits per heavy atom. The molecule has 0 aliphatic heterocycles. The van der Waals surface area contributed by atoms with E-state index in [2.05, 4.69) is 4.98 Å². The second kappa shape index (κ2) is 8.18. The highest BCUT2D eigenvalue weighted by Crippen LogP contribution is 2.22. The lowest BCUT2D eigenvalue weighted by atomic mass is 10.2. The Labute approximate surface area is 161 Å². The minimum Gasteiger partial charge on any atom is -0.489 e. The summed E-state index contributed by atoms with van der Waals surface area (Å²) in [4.78, 5) is 29.1. The maximum atomic E-state index is 12.4. The fraction of sp³-hybridized carbons (Fsp3) is 0.250. The molecule has 0 atom stereocenters. The van der Waals surface area contributed by atoms with Gasteiger partial charge in [0.25, 0.3) is 5.56 Å². The molecular formula is C20H20N2O4S. The van der Waals surface area contributed by atoms with Gasteiger partial charge < -0.3 is 9.47 Å². The molecule has 140 valence electrons. The number of pyridine rings is 1. The fourth-order valence-corrected chi connectivity index (χ4v) is 3.38. The summed E-state index contributed by atoms with van der Waals surface area (Å²) in [5.74, 6) is 0.0561. The molecule has 3 rings (SSSR count). The molecule has 6 nitrogen and oxygen atoms in total. The largest absolute Gasteiger partial charge is 0.489 e. The van der Waals surface area contributed by atoms with Crippen molar-refractivity contribution in [3.8, 4) is 10.9 Å². The van der Waals surface area contributed by atoms with Crippen molar-refractivity contribution in [1.29, 1.82) is 0 Å². The molecule has 1 aromatic carbocycles. The van der Waals surface area contributed by atoms with Gasteiger partial charge in [0.05, 0.1) is 12.3 Å². The number of esters is 1. The summed E-state index contributed by atoms with van der Waals surface area (Å²) in [6.45, 7) is 6.16. The predicted molar refractivity (Wildman–Crippen MR) is 104 cm³/mol. The standard InChI is InChI=1S/C20H20N2O4S/c1-4-25-19(24)18-14(3)21-20(27-18)22-10-9-16(11-17(22)23)26-12-15-7-5-13(2)6-8-15/h5-11H,4,12H2,1-3H3. The summed E-state index contributed by atoms with van der Waals surface area (Å²) in [5, 5.41) is 0.422. The summed E-state index contributed by atoms with van der Waals surface area (Å²) in [6, 6.07) is 11.1. The Balaban J connectivity index is 1.77. The second-order valence-electron chi connectivity index (χ2n) is 5.98. The van der Waals surface area contributed by atoms with Gasteiger partial charge in [-0.2, -0.15) is 0 Å².